The van der Waals surface area contributed by atoms with Gasteiger partial charge in [-0.15, -0.1) is 0 Å². The quantitative estimate of drug-likeness (QED) is 0.901. The van der Waals surface area contributed by atoms with Crippen LogP contribution in [0.15, 0.2) is 36.4 Å². The second-order valence-corrected chi connectivity index (χ2v) is 5.59. The Kier molecular flexibility index (Phi) is 3.95. The Balaban J connectivity index is 1.89. The summed E-state index contributed by atoms with van der Waals surface area (Å²) in [5.41, 5.74) is 3.55. The summed E-state index contributed by atoms with van der Waals surface area (Å²) in [5, 5.41) is 9.96. The van der Waals surface area contributed by atoms with E-state index in [4.69, 9.17) is 16.3 Å². The van der Waals surface area contributed by atoms with Crippen molar-refractivity contribution >= 4 is 11.6 Å². The van der Waals surface area contributed by atoms with Crippen LogP contribution in [0.5, 0.6) is 11.5 Å². The van der Waals surface area contributed by atoms with Crippen LogP contribution in [0.25, 0.3) is 0 Å². The summed E-state index contributed by atoms with van der Waals surface area (Å²) in [7, 11) is 0. The van der Waals surface area contributed by atoms with E-state index in [0.717, 1.165) is 24.2 Å². The van der Waals surface area contributed by atoms with Crippen LogP contribution in [0.3, 0.4) is 0 Å². The molecule has 1 N–H and O–H groups in total. The molecule has 0 aliphatic heterocycles. The first-order valence-corrected chi connectivity index (χ1v) is 7.33. The number of halogens is 1. The Morgan fingerprint density at radius 3 is 2.60 bits per heavy atom. The molecular formula is C17H17ClO2. The molecule has 2 aromatic rings. The molecule has 1 aliphatic rings. The highest BCUT2D eigenvalue weighted by molar-refractivity contribution is 6.30. The number of aliphatic hydroxyl groups excluding tert-OH is 1. The fourth-order valence-electron chi connectivity index (χ4n) is 2.65. The molecule has 1 aliphatic carbocycles. The van der Waals surface area contributed by atoms with Crippen molar-refractivity contribution in [2.75, 3.05) is 0 Å². The third kappa shape index (κ3) is 2.82. The molecule has 0 aromatic heterocycles. The first-order chi connectivity index (χ1) is 9.76. The van der Waals surface area contributed by atoms with E-state index in [0.29, 0.717) is 10.8 Å². The Morgan fingerprint density at radius 1 is 1.00 bits per heavy atom. The van der Waals surface area contributed by atoms with Crippen LogP contribution < -0.4 is 4.74 Å². The SMILES string of the molecule is OCc1ccc(Cl)cc1Oc1ccc2c(c1)CCCC2. The first-order valence-electron chi connectivity index (χ1n) is 6.95. The monoisotopic (exact) mass is 288 g/mol. The number of rotatable bonds is 3. The van der Waals surface area contributed by atoms with Gasteiger partial charge in [0, 0.05) is 10.6 Å². The molecule has 2 nitrogen and oxygen atoms in total. The topological polar surface area (TPSA) is 29.5 Å². The zero-order valence-electron chi connectivity index (χ0n) is 11.2. The molecular weight excluding hydrogens is 272 g/mol. The maximum absolute atomic E-state index is 9.36. The minimum Gasteiger partial charge on any atom is -0.457 e. The summed E-state index contributed by atoms with van der Waals surface area (Å²) in [6.45, 7) is -0.0581. The highest BCUT2D eigenvalue weighted by atomic mass is 35.5. The standard InChI is InChI=1S/C17H17ClO2/c18-15-7-5-14(11-19)17(10-15)20-16-8-6-12-3-1-2-4-13(12)9-16/h5-10,19H,1-4,11H2. The number of benzene rings is 2. The van der Waals surface area contributed by atoms with Gasteiger partial charge in [-0.05, 0) is 61.1 Å². The van der Waals surface area contributed by atoms with Gasteiger partial charge in [0.25, 0.3) is 0 Å². The average molecular weight is 289 g/mol. The zero-order valence-corrected chi connectivity index (χ0v) is 12.0. The second kappa shape index (κ2) is 5.86. The molecule has 0 saturated carbocycles. The van der Waals surface area contributed by atoms with Crippen LogP contribution >= 0.6 is 11.6 Å². The third-order valence-corrected chi connectivity index (χ3v) is 3.98. The van der Waals surface area contributed by atoms with Crippen molar-refractivity contribution in [3.63, 3.8) is 0 Å². The van der Waals surface area contributed by atoms with Gasteiger partial charge in [0.05, 0.1) is 6.61 Å². The summed E-state index contributed by atoms with van der Waals surface area (Å²) < 4.78 is 5.90. The summed E-state index contributed by atoms with van der Waals surface area (Å²) in [4.78, 5) is 0. The van der Waals surface area contributed by atoms with Gasteiger partial charge in [0.1, 0.15) is 11.5 Å². The van der Waals surface area contributed by atoms with Gasteiger partial charge in [0.2, 0.25) is 0 Å². The number of fused-ring (bicyclic) bond motifs is 1. The number of ether oxygens (including phenoxy) is 1. The van der Waals surface area contributed by atoms with E-state index in [-0.39, 0.29) is 6.61 Å². The molecule has 0 heterocycles. The highest BCUT2D eigenvalue weighted by Gasteiger charge is 2.11. The van der Waals surface area contributed by atoms with E-state index in [1.807, 2.05) is 6.07 Å². The Hall–Kier alpha value is -1.51. The van der Waals surface area contributed by atoms with Crippen LogP contribution in [0.1, 0.15) is 29.5 Å². The number of hydrogen-bond acceptors (Lipinski definition) is 2. The lowest BCUT2D eigenvalue weighted by Gasteiger charge is -2.17. The molecule has 20 heavy (non-hydrogen) atoms. The first kappa shape index (κ1) is 13.5. The van der Waals surface area contributed by atoms with Crippen LogP contribution in [-0.2, 0) is 19.4 Å². The minimum absolute atomic E-state index is 0.0581. The molecule has 3 rings (SSSR count). The molecule has 0 bridgehead atoms. The third-order valence-electron chi connectivity index (χ3n) is 3.75. The maximum atomic E-state index is 9.36. The summed E-state index contributed by atoms with van der Waals surface area (Å²) in [6, 6.07) is 11.5. The van der Waals surface area contributed by atoms with Crippen molar-refractivity contribution in [2.45, 2.75) is 32.3 Å². The molecule has 104 valence electrons. The molecule has 3 heteroatoms. The van der Waals surface area contributed by atoms with E-state index < -0.39 is 0 Å². The highest BCUT2D eigenvalue weighted by Crippen LogP contribution is 2.31. The number of hydrogen-bond donors (Lipinski definition) is 1. The van der Waals surface area contributed by atoms with Crippen molar-refractivity contribution in [2.24, 2.45) is 0 Å². The lowest BCUT2D eigenvalue weighted by Crippen LogP contribution is -2.02. The van der Waals surface area contributed by atoms with E-state index in [1.54, 1.807) is 18.2 Å². The molecule has 0 unspecified atom stereocenters. The van der Waals surface area contributed by atoms with Gasteiger partial charge in [-0.3, -0.25) is 0 Å². The lowest BCUT2D eigenvalue weighted by atomic mass is 9.92. The van der Waals surface area contributed by atoms with E-state index in [1.165, 1.54) is 24.0 Å². The van der Waals surface area contributed by atoms with Crippen molar-refractivity contribution in [3.8, 4) is 11.5 Å². The fourth-order valence-corrected chi connectivity index (χ4v) is 2.82. The van der Waals surface area contributed by atoms with E-state index in [9.17, 15) is 5.11 Å². The molecule has 0 spiro atoms. The normalized spacial score (nSPS) is 13.9. The average Bonchev–Trinajstić information content (AvgIpc) is 2.47. The Labute approximate surface area is 124 Å². The zero-order chi connectivity index (χ0) is 13.9. The van der Waals surface area contributed by atoms with Gasteiger partial charge in [0.15, 0.2) is 0 Å². The van der Waals surface area contributed by atoms with E-state index in [2.05, 4.69) is 12.1 Å². The van der Waals surface area contributed by atoms with Gasteiger partial charge in [-0.25, -0.2) is 0 Å². The minimum atomic E-state index is -0.0581. The molecule has 0 atom stereocenters. The summed E-state index contributed by atoms with van der Waals surface area (Å²) in [6.07, 6.45) is 4.80. The van der Waals surface area contributed by atoms with Crippen molar-refractivity contribution in [1.82, 2.24) is 0 Å². The van der Waals surface area contributed by atoms with Gasteiger partial charge in [-0.1, -0.05) is 23.7 Å². The predicted octanol–water partition coefficient (Wildman–Crippen LogP) is 4.50. The molecule has 0 radical (unpaired) electrons. The number of aryl methyl sites for hydroxylation is 2. The molecule has 0 amide bonds. The van der Waals surface area contributed by atoms with Gasteiger partial charge < -0.3 is 9.84 Å². The smallest absolute Gasteiger partial charge is 0.134 e. The lowest BCUT2D eigenvalue weighted by molar-refractivity contribution is 0.276. The van der Waals surface area contributed by atoms with Crippen molar-refractivity contribution in [1.29, 1.82) is 0 Å². The maximum Gasteiger partial charge on any atom is 0.134 e. The molecule has 0 fully saturated rings. The van der Waals surface area contributed by atoms with Crippen molar-refractivity contribution in [3.05, 3.63) is 58.1 Å². The van der Waals surface area contributed by atoms with Crippen LogP contribution in [0.4, 0.5) is 0 Å². The van der Waals surface area contributed by atoms with Crippen LogP contribution in [-0.4, -0.2) is 5.11 Å². The predicted molar refractivity (Wildman–Crippen MR) is 80.5 cm³/mol. The molecule has 0 saturated heterocycles. The summed E-state index contributed by atoms with van der Waals surface area (Å²) >= 11 is 5.99. The van der Waals surface area contributed by atoms with E-state index >= 15 is 0 Å². The second-order valence-electron chi connectivity index (χ2n) is 5.15. The number of aliphatic hydroxyl groups is 1. The van der Waals surface area contributed by atoms with Gasteiger partial charge in [-0.2, -0.15) is 0 Å². The van der Waals surface area contributed by atoms with Crippen molar-refractivity contribution < 1.29 is 9.84 Å². The molecule has 2 aromatic carbocycles. The fraction of sp³-hybridized carbons (Fsp3) is 0.294. The van der Waals surface area contributed by atoms with Crippen LogP contribution in [0, 0.1) is 0 Å². The van der Waals surface area contributed by atoms with Crippen LogP contribution in [0.2, 0.25) is 5.02 Å². The largest absolute Gasteiger partial charge is 0.457 e. The Morgan fingerprint density at radius 2 is 1.80 bits per heavy atom. The van der Waals surface area contributed by atoms with Gasteiger partial charge >= 0.3 is 0 Å². The Bertz CT molecular complexity index is 622. The summed E-state index contributed by atoms with van der Waals surface area (Å²) in [5.74, 6) is 1.43.